The minimum atomic E-state index is 0.170. The van der Waals surface area contributed by atoms with Gasteiger partial charge in [-0.15, -0.1) is 0 Å². The Balaban J connectivity index is 3.08. The van der Waals surface area contributed by atoms with Crippen LogP contribution < -0.4 is 0 Å². The Labute approximate surface area is 86.9 Å². The Morgan fingerprint density at radius 2 is 2.07 bits per heavy atom. The molecule has 0 N–H and O–H groups in total. The zero-order valence-corrected chi connectivity index (χ0v) is 9.68. The van der Waals surface area contributed by atoms with Gasteiger partial charge in [0.15, 0.2) is 5.78 Å². The van der Waals surface area contributed by atoms with Crippen molar-refractivity contribution >= 4 is 5.78 Å². The topological polar surface area (TPSA) is 17.1 Å². The maximum absolute atomic E-state index is 11.6. The molecular formula is C13H20O. The van der Waals surface area contributed by atoms with Crippen molar-refractivity contribution in [1.82, 2.24) is 0 Å². The highest BCUT2D eigenvalue weighted by atomic mass is 16.1. The van der Waals surface area contributed by atoms with Crippen LogP contribution in [0.1, 0.15) is 47.0 Å². The van der Waals surface area contributed by atoms with Gasteiger partial charge in [0.1, 0.15) is 0 Å². The van der Waals surface area contributed by atoms with E-state index in [1.165, 1.54) is 5.57 Å². The third-order valence-corrected chi connectivity index (χ3v) is 3.05. The van der Waals surface area contributed by atoms with Crippen LogP contribution in [0.15, 0.2) is 23.3 Å². The van der Waals surface area contributed by atoms with Gasteiger partial charge in [-0.3, -0.25) is 4.79 Å². The average Bonchev–Trinajstić information content (AvgIpc) is 2.12. The van der Waals surface area contributed by atoms with Crippen LogP contribution in [0.4, 0.5) is 0 Å². The number of hydrogen-bond donors (Lipinski definition) is 0. The fourth-order valence-corrected chi connectivity index (χ4v) is 1.99. The molecule has 0 unspecified atom stereocenters. The molecule has 0 bridgehead atoms. The van der Waals surface area contributed by atoms with Gasteiger partial charge in [0.2, 0.25) is 0 Å². The van der Waals surface area contributed by atoms with Gasteiger partial charge in [-0.05, 0) is 36.3 Å². The van der Waals surface area contributed by atoms with Gasteiger partial charge in [0.05, 0.1) is 0 Å². The van der Waals surface area contributed by atoms with Crippen LogP contribution in [0.5, 0.6) is 0 Å². The van der Waals surface area contributed by atoms with Crippen LogP contribution in [0, 0.1) is 5.41 Å². The van der Waals surface area contributed by atoms with E-state index < -0.39 is 0 Å². The first-order valence-electron chi connectivity index (χ1n) is 5.40. The van der Waals surface area contributed by atoms with Crippen molar-refractivity contribution in [2.24, 2.45) is 5.41 Å². The fraction of sp³-hybridized carbons (Fsp3) is 0.615. The Hall–Kier alpha value is -0.850. The molecule has 0 aromatic heterocycles. The van der Waals surface area contributed by atoms with Crippen LogP contribution in [0.3, 0.4) is 0 Å². The number of carbonyl (C=O) groups is 1. The molecule has 0 spiro atoms. The van der Waals surface area contributed by atoms with Gasteiger partial charge in [-0.25, -0.2) is 0 Å². The van der Waals surface area contributed by atoms with Crippen molar-refractivity contribution in [2.75, 3.05) is 0 Å². The molecule has 0 radical (unpaired) electrons. The molecule has 1 aliphatic rings. The fourth-order valence-electron chi connectivity index (χ4n) is 1.99. The number of Topliss-reactive ketones (excluding diaryl/α,β-unsaturated/α-hetero) is 1. The zero-order valence-electron chi connectivity index (χ0n) is 9.68. The normalized spacial score (nSPS) is 22.1. The molecule has 0 amide bonds. The smallest absolute Gasteiger partial charge is 0.158 e. The molecule has 14 heavy (non-hydrogen) atoms. The summed E-state index contributed by atoms with van der Waals surface area (Å²) in [6.45, 7) is 8.51. The number of hydrogen-bond acceptors (Lipinski definition) is 1. The molecule has 1 nitrogen and oxygen atoms in total. The van der Waals surface area contributed by atoms with Crippen LogP contribution in [-0.4, -0.2) is 5.78 Å². The van der Waals surface area contributed by atoms with Crippen molar-refractivity contribution in [3.05, 3.63) is 23.3 Å². The van der Waals surface area contributed by atoms with E-state index in [2.05, 4.69) is 32.9 Å². The lowest BCUT2D eigenvalue weighted by Gasteiger charge is -2.32. The molecule has 0 heterocycles. The molecular weight excluding hydrogens is 172 g/mol. The molecule has 78 valence electrons. The monoisotopic (exact) mass is 192 g/mol. The number of rotatable bonds is 2. The lowest BCUT2D eigenvalue weighted by atomic mass is 9.72. The van der Waals surface area contributed by atoms with Gasteiger partial charge in [-0.2, -0.15) is 0 Å². The average molecular weight is 192 g/mol. The summed E-state index contributed by atoms with van der Waals surface area (Å²) in [5.41, 5.74) is 2.37. The van der Waals surface area contributed by atoms with Crippen molar-refractivity contribution in [3.63, 3.8) is 0 Å². The van der Waals surface area contributed by atoms with Crippen LogP contribution in [-0.2, 0) is 4.79 Å². The molecule has 0 saturated carbocycles. The summed E-state index contributed by atoms with van der Waals surface area (Å²) in [5.74, 6) is 0.320. The van der Waals surface area contributed by atoms with E-state index in [9.17, 15) is 4.79 Å². The van der Waals surface area contributed by atoms with Gasteiger partial charge >= 0.3 is 0 Å². The molecule has 1 heteroatoms. The second-order valence-corrected chi connectivity index (χ2v) is 4.66. The maximum atomic E-state index is 11.6. The van der Waals surface area contributed by atoms with E-state index in [4.69, 9.17) is 0 Å². The number of allylic oxidation sites excluding steroid dienone is 4. The summed E-state index contributed by atoms with van der Waals surface area (Å²) in [6, 6.07) is 0. The van der Waals surface area contributed by atoms with Gasteiger partial charge in [0, 0.05) is 6.42 Å². The highest BCUT2D eigenvalue weighted by molar-refractivity contribution is 5.97. The quantitative estimate of drug-likeness (QED) is 0.652. The summed E-state index contributed by atoms with van der Waals surface area (Å²) in [7, 11) is 0. The van der Waals surface area contributed by atoms with Crippen LogP contribution in [0.25, 0.3) is 0 Å². The standard InChI is InChI=1S/C13H20O/c1-5-6-7-11-10(2)12(14)8-9-13(11,3)4/h6-7H,5,8-9H2,1-4H3/b7-6+. The molecule has 1 aliphatic carbocycles. The van der Waals surface area contributed by atoms with E-state index in [1.807, 2.05) is 6.92 Å². The van der Waals surface area contributed by atoms with Gasteiger partial charge < -0.3 is 0 Å². The summed E-state index contributed by atoms with van der Waals surface area (Å²) in [6.07, 6.45) is 6.99. The lowest BCUT2D eigenvalue weighted by molar-refractivity contribution is -0.116. The van der Waals surface area contributed by atoms with Crippen molar-refractivity contribution < 1.29 is 4.79 Å². The van der Waals surface area contributed by atoms with E-state index in [0.29, 0.717) is 12.2 Å². The Bertz CT molecular complexity index is 292. The number of carbonyl (C=O) groups excluding carboxylic acids is 1. The molecule has 1 rings (SSSR count). The second kappa shape index (κ2) is 4.12. The zero-order chi connectivity index (χ0) is 10.8. The minimum absolute atomic E-state index is 0.170. The van der Waals surface area contributed by atoms with Crippen molar-refractivity contribution in [3.8, 4) is 0 Å². The first-order valence-corrected chi connectivity index (χ1v) is 5.40. The predicted molar refractivity (Wildman–Crippen MR) is 60.2 cm³/mol. The highest BCUT2D eigenvalue weighted by Crippen LogP contribution is 2.39. The van der Waals surface area contributed by atoms with Gasteiger partial charge in [0.25, 0.3) is 0 Å². The van der Waals surface area contributed by atoms with Crippen LogP contribution >= 0.6 is 0 Å². The molecule has 0 atom stereocenters. The second-order valence-electron chi connectivity index (χ2n) is 4.66. The molecule has 0 aromatic rings. The minimum Gasteiger partial charge on any atom is -0.295 e. The highest BCUT2D eigenvalue weighted by Gasteiger charge is 2.30. The van der Waals surface area contributed by atoms with Crippen molar-refractivity contribution in [2.45, 2.75) is 47.0 Å². The van der Waals surface area contributed by atoms with Crippen molar-refractivity contribution in [1.29, 1.82) is 0 Å². The summed E-state index contributed by atoms with van der Waals surface area (Å²) in [4.78, 5) is 11.6. The van der Waals surface area contributed by atoms with E-state index in [0.717, 1.165) is 18.4 Å². The molecule has 0 saturated heterocycles. The maximum Gasteiger partial charge on any atom is 0.158 e. The number of ketones is 1. The van der Waals surface area contributed by atoms with E-state index in [-0.39, 0.29) is 5.41 Å². The summed E-state index contributed by atoms with van der Waals surface area (Å²) >= 11 is 0. The van der Waals surface area contributed by atoms with E-state index in [1.54, 1.807) is 0 Å². The Morgan fingerprint density at radius 3 is 2.64 bits per heavy atom. The van der Waals surface area contributed by atoms with Crippen LogP contribution in [0.2, 0.25) is 0 Å². The summed E-state index contributed by atoms with van der Waals surface area (Å²) < 4.78 is 0. The predicted octanol–water partition coefficient (Wildman–Crippen LogP) is 3.66. The first-order chi connectivity index (χ1) is 6.49. The van der Waals surface area contributed by atoms with E-state index >= 15 is 0 Å². The Morgan fingerprint density at radius 1 is 1.43 bits per heavy atom. The first kappa shape index (κ1) is 11.2. The summed E-state index contributed by atoms with van der Waals surface area (Å²) in [5, 5.41) is 0. The molecule has 0 fully saturated rings. The molecule has 0 aliphatic heterocycles. The lowest BCUT2D eigenvalue weighted by Crippen LogP contribution is -2.24. The molecule has 0 aromatic carbocycles. The third-order valence-electron chi connectivity index (χ3n) is 3.05. The van der Waals surface area contributed by atoms with Gasteiger partial charge in [-0.1, -0.05) is 32.9 Å². The third kappa shape index (κ3) is 2.14. The Kier molecular flexibility index (Phi) is 3.30. The largest absolute Gasteiger partial charge is 0.295 e. The SMILES string of the molecule is CC/C=C/C1=C(C)C(=O)CCC1(C)C.